The second-order valence-electron chi connectivity index (χ2n) is 0.651. The van der Waals surface area contributed by atoms with Crippen LogP contribution in [0.2, 0.25) is 0 Å². The van der Waals surface area contributed by atoms with E-state index in [0.717, 1.165) is 4.63 Å². The highest BCUT2D eigenvalue weighted by Gasteiger charge is 1.73. The van der Waals surface area contributed by atoms with Gasteiger partial charge in [-0.2, -0.15) is 0 Å². The highest BCUT2D eigenvalue weighted by Crippen LogP contribution is 1.79. The molecular formula is C2H4Cl2Si. The molecule has 0 aromatic heterocycles. The summed E-state index contributed by atoms with van der Waals surface area (Å²) < 4.78 is 0.770. The molecule has 0 unspecified atom stereocenters. The Morgan fingerprint density at radius 1 is 1.80 bits per heavy atom. The van der Waals surface area contributed by atoms with E-state index in [1.807, 2.05) is 0 Å². The second-order valence-corrected chi connectivity index (χ2v) is 2.75. The Morgan fingerprint density at radius 2 is 2.00 bits per heavy atom. The average molecular weight is 127 g/mol. The fourth-order valence-corrected chi connectivity index (χ4v) is 0. The van der Waals surface area contributed by atoms with Gasteiger partial charge in [-0.05, 0) is 9.85 Å². The van der Waals surface area contributed by atoms with Crippen LogP contribution in [0.25, 0.3) is 0 Å². The van der Waals surface area contributed by atoms with Crippen LogP contribution in [0, 0.1) is 0 Å². The third-order valence-corrected chi connectivity index (χ3v) is 1.30. The molecule has 0 fully saturated rings. The summed E-state index contributed by atoms with van der Waals surface area (Å²) in [7, 11) is 1.60. The smallest absolute Gasteiger partial charge is 0.0528 e. The summed E-state index contributed by atoms with van der Waals surface area (Å²) in [6, 6.07) is 0. The lowest BCUT2D eigenvalue weighted by Gasteiger charge is -1.74. The summed E-state index contributed by atoms with van der Waals surface area (Å²) in [5.41, 5.74) is 0. The van der Waals surface area contributed by atoms with E-state index in [2.05, 4.69) is 0 Å². The maximum atomic E-state index is 5.26. The molecule has 0 spiro atoms. The lowest BCUT2D eigenvalue weighted by atomic mass is 11.0. The minimum atomic E-state index is 0.472. The predicted molar refractivity (Wildman–Crippen MR) is 30.1 cm³/mol. The van der Waals surface area contributed by atoms with Gasteiger partial charge in [0.25, 0.3) is 0 Å². The van der Waals surface area contributed by atoms with Crippen LogP contribution in [0.4, 0.5) is 0 Å². The number of alkyl halides is 1. The van der Waals surface area contributed by atoms with Gasteiger partial charge in [-0.1, -0.05) is 11.6 Å². The molecule has 0 nitrogen and oxygen atoms in total. The molecule has 0 aliphatic rings. The van der Waals surface area contributed by atoms with E-state index in [1.54, 1.807) is 9.85 Å². The largest absolute Gasteiger partial charge is 0.121 e. The molecule has 0 saturated heterocycles. The first-order chi connectivity index (χ1) is 2.27. The van der Waals surface area contributed by atoms with Gasteiger partial charge in [0.05, 0.1) is 5.88 Å². The van der Waals surface area contributed by atoms with Crippen molar-refractivity contribution in [2.24, 2.45) is 0 Å². The van der Waals surface area contributed by atoms with Crippen molar-refractivity contribution in [3.63, 3.8) is 0 Å². The summed E-state index contributed by atoms with van der Waals surface area (Å²) in [4.78, 5) is 0. The molecule has 0 heterocycles. The third kappa shape index (κ3) is 4.67. The van der Waals surface area contributed by atoms with E-state index in [0.29, 0.717) is 5.88 Å². The fourth-order valence-electron chi connectivity index (χ4n) is 0. The van der Waals surface area contributed by atoms with Crippen molar-refractivity contribution in [3.05, 3.63) is 0 Å². The zero-order valence-electron chi connectivity index (χ0n) is 2.67. The molecule has 0 aromatic carbocycles. The number of halogens is 2. The van der Waals surface area contributed by atoms with Gasteiger partial charge in [0.2, 0.25) is 0 Å². The number of hydrogen-bond acceptors (Lipinski definition) is 0. The van der Waals surface area contributed by atoms with Crippen molar-refractivity contribution in [3.8, 4) is 0 Å². The van der Waals surface area contributed by atoms with Gasteiger partial charge in [-0.15, -0.1) is 11.6 Å². The molecule has 0 N–H and O–H groups in total. The molecule has 0 aliphatic heterocycles. The first-order valence-electron chi connectivity index (χ1n) is 1.16. The Kier molecular flexibility index (Phi) is 3.27. The van der Waals surface area contributed by atoms with Gasteiger partial charge >= 0.3 is 0 Å². The van der Waals surface area contributed by atoms with Crippen LogP contribution in [0.15, 0.2) is 0 Å². The summed E-state index contributed by atoms with van der Waals surface area (Å²) in [5.74, 6) is 0.472. The third-order valence-electron chi connectivity index (χ3n) is 0.145. The van der Waals surface area contributed by atoms with E-state index in [9.17, 15) is 0 Å². The van der Waals surface area contributed by atoms with Crippen LogP contribution >= 0.6 is 23.2 Å². The Hall–Kier alpha value is 0.667. The lowest BCUT2D eigenvalue weighted by Crippen LogP contribution is -1.83. The van der Waals surface area contributed by atoms with Crippen molar-refractivity contribution < 1.29 is 0 Å². The summed E-state index contributed by atoms with van der Waals surface area (Å²) in [6.07, 6.45) is 0. The van der Waals surface area contributed by atoms with Gasteiger partial charge < -0.3 is 0 Å². The molecule has 30 valence electrons. The Balaban J connectivity index is 2.85. The zero-order chi connectivity index (χ0) is 4.28. The lowest BCUT2D eigenvalue weighted by molar-refractivity contribution is 2.09. The molecule has 0 amide bonds. The number of hydrogen-bond donors (Lipinski definition) is 0. The van der Waals surface area contributed by atoms with Crippen molar-refractivity contribution in [1.29, 1.82) is 0 Å². The van der Waals surface area contributed by atoms with Crippen LogP contribution in [0.3, 0.4) is 0 Å². The minimum Gasteiger partial charge on any atom is -0.121 e. The maximum Gasteiger partial charge on any atom is 0.0528 e. The summed E-state index contributed by atoms with van der Waals surface area (Å²) in [5, 5.41) is 0. The van der Waals surface area contributed by atoms with Crippen molar-refractivity contribution in [2.75, 3.05) is 5.88 Å². The van der Waals surface area contributed by atoms with Crippen LogP contribution in [0.5, 0.6) is 0 Å². The van der Waals surface area contributed by atoms with Crippen molar-refractivity contribution >= 4 is 37.7 Å². The van der Waals surface area contributed by atoms with Gasteiger partial charge in [0.1, 0.15) is 0 Å². The normalized spacial score (nSPS) is 7.60. The molecular weight excluding hydrogens is 123 g/mol. The van der Waals surface area contributed by atoms with Crippen LogP contribution < -0.4 is 0 Å². The highest BCUT2D eigenvalue weighted by molar-refractivity contribution is 6.83. The van der Waals surface area contributed by atoms with Crippen LogP contribution in [-0.2, 0) is 0 Å². The first kappa shape index (κ1) is 5.67. The topological polar surface area (TPSA) is 0 Å². The molecule has 0 bridgehead atoms. The summed E-state index contributed by atoms with van der Waals surface area (Å²) in [6.45, 7) is 0. The minimum absolute atomic E-state index is 0.472. The fraction of sp³-hybridized carbons (Fsp3) is 0.500. The van der Waals surface area contributed by atoms with Crippen molar-refractivity contribution in [1.82, 2.24) is 0 Å². The molecule has 0 aromatic rings. The van der Waals surface area contributed by atoms with Gasteiger partial charge in [-0.25, -0.2) is 0 Å². The van der Waals surface area contributed by atoms with E-state index >= 15 is 0 Å². The maximum absolute atomic E-state index is 5.26. The Bertz CT molecular complexity index is 42.9. The van der Waals surface area contributed by atoms with E-state index in [1.165, 1.54) is 0 Å². The molecule has 0 aliphatic carbocycles. The van der Waals surface area contributed by atoms with Gasteiger partial charge in [-0.3, -0.25) is 0 Å². The molecule has 5 heavy (non-hydrogen) atoms. The highest BCUT2D eigenvalue weighted by atomic mass is 35.5. The van der Waals surface area contributed by atoms with Crippen molar-refractivity contribution in [2.45, 2.75) is 0 Å². The van der Waals surface area contributed by atoms with Crippen LogP contribution in [0.1, 0.15) is 0 Å². The van der Waals surface area contributed by atoms with Gasteiger partial charge in [0.15, 0.2) is 0 Å². The van der Waals surface area contributed by atoms with Crippen LogP contribution in [-0.4, -0.2) is 20.4 Å². The second kappa shape index (κ2) is 2.88. The zero-order valence-corrected chi connectivity index (χ0v) is 5.60. The number of rotatable bonds is 1. The van der Waals surface area contributed by atoms with E-state index in [-0.39, 0.29) is 0 Å². The molecule has 0 rings (SSSR count). The summed E-state index contributed by atoms with van der Waals surface area (Å²) >= 11 is 10.4. The Labute approximate surface area is 44.1 Å². The first-order valence-corrected chi connectivity index (χ1v) is 2.78. The molecule has 0 atom stereocenters. The quantitative estimate of drug-likeness (QED) is 0.349. The average Bonchev–Trinajstić information content (AvgIpc) is 1.38. The SMILES string of the molecule is [SiH2]=C(Cl)CCl. The molecule has 3 heteroatoms. The standard InChI is InChI=1S/C2H4Cl2Si/c3-1-2(4)5/h1,5H2. The van der Waals surface area contributed by atoms with E-state index < -0.39 is 0 Å². The molecule has 0 radical (unpaired) electrons. The van der Waals surface area contributed by atoms with E-state index in [4.69, 9.17) is 23.2 Å². The predicted octanol–water partition coefficient (Wildman–Crippen LogP) is 0.227. The molecule has 0 saturated carbocycles. The monoisotopic (exact) mass is 126 g/mol. The Morgan fingerprint density at radius 3 is 2.00 bits per heavy atom. The van der Waals surface area contributed by atoms with Gasteiger partial charge in [0, 0.05) is 4.63 Å².